The topological polar surface area (TPSA) is 97.8 Å². The Morgan fingerprint density at radius 2 is 1.86 bits per heavy atom. The Morgan fingerprint density at radius 1 is 1.05 bits per heavy atom. The van der Waals surface area contributed by atoms with E-state index in [9.17, 15) is 14.7 Å². The van der Waals surface area contributed by atoms with Crippen LogP contribution in [0.5, 0.6) is 5.75 Å². The van der Waals surface area contributed by atoms with Gasteiger partial charge in [-0.05, 0) is 60.9 Å². The summed E-state index contributed by atoms with van der Waals surface area (Å²) in [6.45, 7) is 3.40. The van der Waals surface area contributed by atoms with E-state index in [1.807, 2.05) is 42.0 Å². The Balaban J connectivity index is 1.37. The number of imidazole rings is 1. The molecule has 2 aromatic carbocycles. The number of likely N-dealkylation sites (tertiary alicyclic amines) is 1. The first-order valence-electron chi connectivity index (χ1n) is 12.1. The molecule has 4 aromatic rings. The van der Waals surface area contributed by atoms with Crippen LogP contribution >= 0.6 is 0 Å². The molecule has 37 heavy (non-hydrogen) atoms. The number of aromatic nitrogens is 2. The van der Waals surface area contributed by atoms with Gasteiger partial charge in [0.05, 0.1) is 18.2 Å². The molecule has 1 N–H and O–H groups in total. The summed E-state index contributed by atoms with van der Waals surface area (Å²) in [5.41, 5.74) is 2.65. The van der Waals surface area contributed by atoms with Crippen LogP contribution in [-0.2, 0) is 22.7 Å². The highest BCUT2D eigenvalue weighted by molar-refractivity contribution is 6.46. The first-order valence-corrected chi connectivity index (χ1v) is 12.1. The molecule has 1 aliphatic heterocycles. The van der Waals surface area contributed by atoms with E-state index in [1.165, 1.54) is 11.2 Å². The number of carbonyl (C=O) groups excluding carboxylic acids is 2. The summed E-state index contributed by atoms with van der Waals surface area (Å²) < 4.78 is 13.4. The monoisotopic (exact) mass is 497 g/mol. The predicted octanol–water partition coefficient (Wildman–Crippen LogP) is 4.88. The maximum atomic E-state index is 13.1. The molecule has 0 saturated carbocycles. The molecule has 8 nitrogen and oxygen atoms in total. The lowest BCUT2D eigenvalue weighted by Gasteiger charge is -2.23. The Kier molecular flexibility index (Phi) is 6.89. The van der Waals surface area contributed by atoms with E-state index in [4.69, 9.17) is 9.15 Å². The van der Waals surface area contributed by atoms with Crippen LogP contribution in [0.3, 0.4) is 0 Å². The fourth-order valence-corrected chi connectivity index (χ4v) is 4.49. The van der Waals surface area contributed by atoms with Crippen molar-refractivity contribution in [2.75, 3.05) is 6.54 Å². The number of hydrogen-bond acceptors (Lipinski definition) is 6. The van der Waals surface area contributed by atoms with Crippen molar-refractivity contribution in [2.45, 2.75) is 32.5 Å². The number of carbonyl (C=O) groups is 2. The first-order chi connectivity index (χ1) is 18.0. The lowest BCUT2D eigenvalue weighted by atomic mass is 9.99. The van der Waals surface area contributed by atoms with Crippen molar-refractivity contribution in [1.82, 2.24) is 14.5 Å². The third-order valence-electron chi connectivity index (χ3n) is 6.51. The third-order valence-corrected chi connectivity index (χ3v) is 6.51. The SMILES string of the molecule is Cc1ccccc1COc1ccc(/C(O)=C2\C(=O)C(=O)N(CCCn3ccnc3)C2c2ccco2)cc1. The van der Waals surface area contributed by atoms with Crippen LogP contribution in [0.4, 0.5) is 0 Å². The molecule has 1 fully saturated rings. The van der Waals surface area contributed by atoms with Crippen LogP contribution in [0.1, 0.15) is 34.9 Å². The van der Waals surface area contributed by atoms with Gasteiger partial charge in [0, 0.05) is 31.0 Å². The summed E-state index contributed by atoms with van der Waals surface area (Å²) >= 11 is 0. The van der Waals surface area contributed by atoms with Gasteiger partial charge < -0.3 is 23.7 Å². The van der Waals surface area contributed by atoms with Gasteiger partial charge in [-0.1, -0.05) is 24.3 Å². The molecular weight excluding hydrogens is 470 g/mol. The van der Waals surface area contributed by atoms with Crippen molar-refractivity contribution < 1.29 is 23.8 Å². The number of aliphatic hydroxyl groups is 1. The average molecular weight is 498 g/mol. The summed E-state index contributed by atoms with van der Waals surface area (Å²) in [7, 11) is 0. The van der Waals surface area contributed by atoms with Crippen molar-refractivity contribution in [3.63, 3.8) is 0 Å². The largest absolute Gasteiger partial charge is 0.507 e. The highest BCUT2D eigenvalue weighted by atomic mass is 16.5. The Bertz CT molecular complexity index is 1410. The lowest BCUT2D eigenvalue weighted by molar-refractivity contribution is -0.140. The number of nitrogens with zero attached hydrogens (tertiary/aromatic N) is 3. The summed E-state index contributed by atoms with van der Waals surface area (Å²) in [6, 6.07) is 17.4. The molecule has 0 aliphatic carbocycles. The van der Waals surface area contributed by atoms with Crippen LogP contribution in [0.2, 0.25) is 0 Å². The summed E-state index contributed by atoms with van der Waals surface area (Å²) in [6.07, 6.45) is 7.32. The van der Waals surface area contributed by atoms with E-state index in [0.29, 0.717) is 43.2 Å². The van der Waals surface area contributed by atoms with Crippen LogP contribution in [0.25, 0.3) is 5.76 Å². The number of aryl methyl sites for hydroxylation is 2. The van der Waals surface area contributed by atoms with Crippen molar-refractivity contribution in [3.05, 3.63) is 114 Å². The van der Waals surface area contributed by atoms with Crippen LogP contribution < -0.4 is 4.74 Å². The Labute approximate surface area is 214 Å². The van der Waals surface area contributed by atoms with Gasteiger partial charge in [0.15, 0.2) is 0 Å². The molecule has 2 aromatic heterocycles. The van der Waals surface area contributed by atoms with Gasteiger partial charge in [0.2, 0.25) is 0 Å². The molecule has 0 radical (unpaired) electrons. The minimum atomic E-state index is -0.810. The number of ketones is 1. The molecule has 0 bridgehead atoms. The number of aliphatic hydroxyl groups excluding tert-OH is 1. The van der Waals surface area contributed by atoms with Gasteiger partial charge in [-0.3, -0.25) is 9.59 Å². The van der Waals surface area contributed by atoms with Crippen molar-refractivity contribution in [2.24, 2.45) is 0 Å². The standard InChI is InChI=1S/C29H27N3O5/c1-20-6-2-3-7-22(20)18-37-23-11-9-21(10-12-23)27(33)25-26(24-8-4-17-36-24)32(29(35)28(25)34)15-5-14-31-16-13-30-19-31/h2-4,6-13,16-17,19,26,33H,5,14-15,18H2,1H3/b27-25+. The Hall–Kier alpha value is -4.59. The number of amides is 1. The van der Waals surface area contributed by atoms with E-state index in [0.717, 1.165) is 11.1 Å². The number of rotatable bonds is 9. The predicted molar refractivity (Wildman–Crippen MR) is 137 cm³/mol. The highest BCUT2D eigenvalue weighted by Gasteiger charge is 2.47. The number of benzene rings is 2. The van der Waals surface area contributed by atoms with E-state index >= 15 is 0 Å². The Morgan fingerprint density at radius 3 is 2.57 bits per heavy atom. The quantitative estimate of drug-likeness (QED) is 0.201. The highest BCUT2D eigenvalue weighted by Crippen LogP contribution is 2.39. The molecule has 5 rings (SSSR count). The fourth-order valence-electron chi connectivity index (χ4n) is 4.49. The summed E-state index contributed by atoms with van der Waals surface area (Å²) in [4.78, 5) is 31.6. The van der Waals surface area contributed by atoms with Gasteiger partial charge in [-0.15, -0.1) is 0 Å². The van der Waals surface area contributed by atoms with Gasteiger partial charge in [-0.25, -0.2) is 4.98 Å². The minimum Gasteiger partial charge on any atom is -0.507 e. The number of hydrogen-bond donors (Lipinski definition) is 1. The molecule has 188 valence electrons. The molecule has 8 heteroatoms. The first kappa shape index (κ1) is 24.1. The molecule has 3 heterocycles. The van der Waals surface area contributed by atoms with Gasteiger partial charge >= 0.3 is 0 Å². The third kappa shape index (κ3) is 5.04. The molecule has 0 spiro atoms. The molecule has 1 saturated heterocycles. The zero-order chi connectivity index (χ0) is 25.8. The van der Waals surface area contributed by atoms with Crippen molar-refractivity contribution in [1.29, 1.82) is 0 Å². The van der Waals surface area contributed by atoms with E-state index in [1.54, 1.807) is 48.9 Å². The zero-order valence-electron chi connectivity index (χ0n) is 20.4. The normalized spacial score (nSPS) is 16.9. The van der Waals surface area contributed by atoms with Gasteiger partial charge in [0.1, 0.15) is 29.9 Å². The van der Waals surface area contributed by atoms with E-state index < -0.39 is 17.7 Å². The van der Waals surface area contributed by atoms with E-state index in [-0.39, 0.29) is 11.3 Å². The molecule has 1 atom stereocenters. The van der Waals surface area contributed by atoms with Crippen molar-refractivity contribution in [3.8, 4) is 5.75 Å². The molecular formula is C29H27N3O5. The second kappa shape index (κ2) is 10.6. The number of furan rings is 1. The second-order valence-electron chi connectivity index (χ2n) is 8.90. The maximum Gasteiger partial charge on any atom is 0.295 e. The van der Waals surface area contributed by atoms with Gasteiger partial charge in [0.25, 0.3) is 11.7 Å². The summed E-state index contributed by atoms with van der Waals surface area (Å²) in [5, 5.41) is 11.2. The van der Waals surface area contributed by atoms with E-state index in [2.05, 4.69) is 4.98 Å². The minimum absolute atomic E-state index is 0.0103. The number of ether oxygens (including phenoxy) is 1. The second-order valence-corrected chi connectivity index (χ2v) is 8.90. The molecule has 1 unspecified atom stereocenters. The lowest BCUT2D eigenvalue weighted by Crippen LogP contribution is -2.31. The fraction of sp³-hybridized carbons (Fsp3) is 0.207. The zero-order valence-corrected chi connectivity index (χ0v) is 20.4. The van der Waals surface area contributed by atoms with Crippen LogP contribution in [0.15, 0.2) is 95.6 Å². The maximum absolute atomic E-state index is 13.1. The average Bonchev–Trinajstić information content (AvgIpc) is 3.67. The van der Waals surface area contributed by atoms with Crippen LogP contribution in [0, 0.1) is 6.92 Å². The molecule has 1 aliphatic rings. The number of Topliss-reactive ketones (excluding diaryl/α,β-unsaturated/α-hetero) is 1. The van der Waals surface area contributed by atoms with Crippen LogP contribution in [-0.4, -0.2) is 37.8 Å². The van der Waals surface area contributed by atoms with Crippen molar-refractivity contribution >= 4 is 17.4 Å². The summed E-state index contributed by atoms with van der Waals surface area (Å²) in [5.74, 6) is -0.598. The van der Waals surface area contributed by atoms with Gasteiger partial charge in [-0.2, -0.15) is 0 Å². The molecule has 1 amide bonds. The smallest absolute Gasteiger partial charge is 0.295 e.